The fourth-order valence-electron chi connectivity index (χ4n) is 8.67. The molecule has 0 spiro atoms. The van der Waals surface area contributed by atoms with E-state index >= 15 is 0 Å². The van der Waals surface area contributed by atoms with E-state index in [9.17, 15) is 5.11 Å². The molecule has 3 fully saturated rings. The van der Waals surface area contributed by atoms with E-state index in [0.29, 0.717) is 10.8 Å². The SMILES string of the molecule is CC(C)CCC[C@@H](C)[C@H]1CC[C@H]2[C@@H]3CC=C4CC(O)CC[C@]4(C)[C@@H]3CC[C@]12C. The van der Waals surface area contributed by atoms with E-state index in [1.807, 2.05) is 0 Å². The molecule has 0 amide bonds. The molecular weight excluding hydrogens is 340 g/mol. The average Bonchev–Trinajstić information content (AvgIpc) is 2.99. The Balaban J connectivity index is 1.49. The maximum Gasteiger partial charge on any atom is 0.0577 e. The Morgan fingerprint density at radius 1 is 1.00 bits per heavy atom. The summed E-state index contributed by atoms with van der Waals surface area (Å²) in [5.74, 6) is 5.46. The fraction of sp³-hybridized carbons (Fsp3) is 0.926. The standard InChI is InChI=1S/C27H46O/c1-18(2)7-6-8-19(3)23-11-12-24-22-10-9-20-17-21(28)13-15-26(20,4)25(22)14-16-27(23,24)5/h9,18-19,21-25,28H,6-8,10-17H2,1-5H3/t19-,21?,22+,23-,24+,25-,26+,27-/m1/s1. The van der Waals surface area contributed by atoms with Gasteiger partial charge >= 0.3 is 0 Å². The summed E-state index contributed by atoms with van der Waals surface area (Å²) in [6.07, 6.45) is 17.2. The van der Waals surface area contributed by atoms with Crippen LogP contribution in [0.3, 0.4) is 0 Å². The van der Waals surface area contributed by atoms with Gasteiger partial charge in [0.15, 0.2) is 0 Å². The molecule has 4 rings (SSSR count). The number of hydrogen-bond donors (Lipinski definition) is 1. The van der Waals surface area contributed by atoms with Crippen LogP contribution in [-0.2, 0) is 0 Å². The van der Waals surface area contributed by atoms with E-state index in [1.165, 1.54) is 57.8 Å². The van der Waals surface area contributed by atoms with E-state index in [2.05, 4.69) is 40.7 Å². The molecule has 160 valence electrons. The Labute approximate surface area is 174 Å². The third kappa shape index (κ3) is 3.42. The quantitative estimate of drug-likeness (QED) is 0.488. The molecule has 0 aromatic rings. The van der Waals surface area contributed by atoms with Gasteiger partial charge in [-0.05, 0) is 97.7 Å². The first-order chi connectivity index (χ1) is 13.3. The van der Waals surface area contributed by atoms with E-state index in [-0.39, 0.29) is 6.10 Å². The lowest BCUT2D eigenvalue weighted by Gasteiger charge is -2.58. The molecule has 0 radical (unpaired) electrons. The zero-order chi connectivity index (χ0) is 20.1. The molecule has 28 heavy (non-hydrogen) atoms. The van der Waals surface area contributed by atoms with Crippen LogP contribution in [0.1, 0.15) is 105 Å². The van der Waals surface area contributed by atoms with Crippen molar-refractivity contribution in [2.75, 3.05) is 0 Å². The zero-order valence-electron chi connectivity index (χ0n) is 19.3. The van der Waals surface area contributed by atoms with E-state index < -0.39 is 0 Å². The summed E-state index contributed by atoms with van der Waals surface area (Å²) in [6.45, 7) is 12.6. The van der Waals surface area contributed by atoms with Crippen LogP contribution in [0.25, 0.3) is 0 Å². The van der Waals surface area contributed by atoms with Crippen LogP contribution < -0.4 is 0 Å². The Bertz CT molecular complexity index is 591. The van der Waals surface area contributed by atoms with E-state index in [0.717, 1.165) is 48.3 Å². The van der Waals surface area contributed by atoms with Crippen LogP contribution in [0.5, 0.6) is 0 Å². The molecule has 0 aromatic carbocycles. The molecule has 1 heteroatoms. The van der Waals surface area contributed by atoms with Gasteiger partial charge in [-0.15, -0.1) is 0 Å². The third-order valence-corrected chi connectivity index (χ3v) is 10.3. The molecule has 1 nitrogen and oxygen atoms in total. The third-order valence-electron chi connectivity index (χ3n) is 10.3. The minimum Gasteiger partial charge on any atom is -0.393 e. The minimum absolute atomic E-state index is 0.0766. The highest BCUT2D eigenvalue weighted by Gasteiger charge is 2.59. The monoisotopic (exact) mass is 386 g/mol. The largest absolute Gasteiger partial charge is 0.393 e. The molecule has 4 aliphatic carbocycles. The van der Waals surface area contributed by atoms with Crippen molar-refractivity contribution >= 4 is 0 Å². The molecular formula is C27H46O. The summed E-state index contributed by atoms with van der Waals surface area (Å²) in [6, 6.07) is 0. The van der Waals surface area contributed by atoms with Gasteiger partial charge in [0.2, 0.25) is 0 Å². The zero-order valence-corrected chi connectivity index (χ0v) is 19.3. The summed E-state index contributed by atoms with van der Waals surface area (Å²) in [4.78, 5) is 0. The Morgan fingerprint density at radius 3 is 2.54 bits per heavy atom. The lowest BCUT2D eigenvalue weighted by Crippen LogP contribution is -2.50. The molecule has 0 bridgehead atoms. The first-order valence-corrected chi connectivity index (χ1v) is 12.6. The Morgan fingerprint density at radius 2 is 1.79 bits per heavy atom. The predicted octanol–water partition coefficient (Wildman–Crippen LogP) is 7.39. The summed E-state index contributed by atoms with van der Waals surface area (Å²) in [5, 5.41) is 10.2. The molecule has 0 aliphatic heterocycles. The van der Waals surface area contributed by atoms with Crippen molar-refractivity contribution in [3.63, 3.8) is 0 Å². The number of fused-ring (bicyclic) bond motifs is 5. The number of hydrogen-bond acceptors (Lipinski definition) is 1. The van der Waals surface area contributed by atoms with Gasteiger partial charge in [0, 0.05) is 0 Å². The second-order valence-electron chi connectivity index (χ2n) is 12.2. The summed E-state index contributed by atoms with van der Waals surface area (Å²) in [7, 11) is 0. The fourth-order valence-corrected chi connectivity index (χ4v) is 8.67. The smallest absolute Gasteiger partial charge is 0.0577 e. The molecule has 4 aliphatic rings. The lowest BCUT2D eigenvalue weighted by atomic mass is 9.47. The van der Waals surface area contributed by atoms with Crippen molar-refractivity contribution in [1.29, 1.82) is 0 Å². The van der Waals surface area contributed by atoms with Gasteiger partial charge in [0.1, 0.15) is 0 Å². The van der Waals surface area contributed by atoms with Crippen molar-refractivity contribution in [2.45, 2.75) is 111 Å². The van der Waals surface area contributed by atoms with E-state index in [4.69, 9.17) is 0 Å². The van der Waals surface area contributed by atoms with E-state index in [1.54, 1.807) is 5.57 Å². The van der Waals surface area contributed by atoms with Gasteiger partial charge in [-0.25, -0.2) is 0 Å². The number of aliphatic hydroxyl groups is 1. The summed E-state index contributed by atoms with van der Waals surface area (Å²) < 4.78 is 0. The van der Waals surface area contributed by atoms with Crippen LogP contribution >= 0.6 is 0 Å². The first-order valence-electron chi connectivity index (χ1n) is 12.6. The van der Waals surface area contributed by atoms with Crippen LogP contribution in [0.15, 0.2) is 11.6 Å². The second kappa shape index (κ2) is 7.75. The maximum absolute atomic E-state index is 10.2. The molecule has 0 saturated heterocycles. The Kier molecular flexibility index (Phi) is 5.80. The van der Waals surface area contributed by atoms with Gasteiger partial charge in [0.05, 0.1) is 6.10 Å². The molecule has 3 saturated carbocycles. The van der Waals surface area contributed by atoms with Gasteiger partial charge in [-0.2, -0.15) is 0 Å². The van der Waals surface area contributed by atoms with Gasteiger partial charge in [-0.3, -0.25) is 0 Å². The average molecular weight is 387 g/mol. The van der Waals surface area contributed by atoms with Crippen molar-refractivity contribution in [1.82, 2.24) is 0 Å². The van der Waals surface area contributed by atoms with Crippen molar-refractivity contribution in [3.8, 4) is 0 Å². The van der Waals surface area contributed by atoms with Crippen molar-refractivity contribution < 1.29 is 5.11 Å². The number of aliphatic hydroxyl groups excluding tert-OH is 1. The molecule has 0 heterocycles. The topological polar surface area (TPSA) is 20.2 Å². The van der Waals surface area contributed by atoms with Crippen LogP contribution in [0, 0.1) is 46.3 Å². The summed E-state index contributed by atoms with van der Waals surface area (Å²) in [5.41, 5.74) is 2.60. The lowest BCUT2D eigenvalue weighted by molar-refractivity contribution is -0.0573. The summed E-state index contributed by atoms with van der Waals surface area (Å²) >= 11 is 0. The minimum atomic E-state index is -0.0766. The van der Waals surface area contributed by atoms with Gasteiger partial charge < -0.3 is 5.11 Å². The molecule has 8 atom stereocenters. The highest BCUT2D eigenvalue weighted by molar-refractivity contribution is 5.25. The van der Waals surface area contributed by atoms with Gasteiger partial charge in [0.25, 0.3) is 0 Å². The second-order valence-corrected chi connectivity index (χ2v) is 12.2. The molecule has 1 N–H and O–H groups in total. The normalized spacial score (nSPS) is 46.5. The predicted molar refractivity (Wildman–Crippen MR) is 119 cm³/mol. The van der Waals surface area contributed by atoms with Crippen molar-refractivity contribution in [2.24, 2.45) is 46.3 Å². The maximum atomic E-state index is 10.2. The molecule has 0 aromatic heterocycles. The number of rotatable bonds is 5. The van der Waals surface area contributed by atoms with Gasteiger partial charge in [-0.1, -0.05) is 65.5 Å². The van der Waals surface area contributed by atoms with Crippen molar-refractivity contribution in [3.05, 3.63) is 11.6 Å². The van der Waals surface area contributed by atoms with Crippen LogP contribution in [0.2, 0.25) is 0 Å². The number of allylic oxidation sites excluding steroid dienone is 1. The van der Waals surface area contributed by atoms with Crippen LogP contribution in [-0.4, -0.2) is 11.2 Å². The Hall–Kier alpha value is -0.300. The van der Waals surface area contributed by atoms with Crippen LogP contribution in [0.4, 0.5) is 0 Å². The molecule has 1 unspecified atom stereocenters. The first kappa shape index (κ1) is 21.0. The highest BCUT2D eigenvalue weighted by Crippen LogP contribution is 2.67. The highest BCUT2D eigenvalue weighted by atomic mass is 16.3.